The molecule has 1 aliphatic rings. The van der Waals surface area contributed by atoms with Crippen molar-refractivity contribution in [1.29, 1.82) is 0 Å². The number of halogens is 2. The van der Waals surface area contributed by atoms with Crippen LogP contribution in [0.3, 0.4) is 0 Å². The first-order valence-electron chi connectivity index (χ1n) is 9.22. The Kier molecular flexibility index (Phi) is 8.33. The van der Waals surface area contributed by atoms with Crippen molar-refractivity contribution in [2.75, 3.05) is 26.2 Å². The summed E-state index contributed by atoms with van der Waals surface area (Å²) in [7, 11) is 0. The third-order valence-corrected chi connectivity index (χ3v) is 4.39. The van der Waals surface area contributed by atoms with Crippen LogP contribution in [0.1, 0.15) is 25.3 Å². The molecule has 0 unspecified atom stereocenters. The lowest BCUT2D eigenvalue weighted by Crippen LogP contribution is -2.41. The Bertz CT molecular complexity index is 787. The first-order valence-corrected chi connectivity index (χ1v) is 9.22. The van der Waals surface area contributed by atoms with Crippen molar-refractivity contribution in [1.82, 2.24) is 20.9 Å². The van der Waals surface area contributed by atoms with Gasteiger partial charge in [-0.05, 0) is 49.9 Å². The third-order valence-electron chi connectivity index (χ3n) is 4.39. The number of hydrogen-bond donors (Lipinski definition) is 4. The molecule has 0 saturated heterocycles. The molecule has 1 amide bonds. The fraction of sp³-hybridized carbons (Fsp3) is 0.474. The van der Waals surface area contributed by atoms with Crippen LogP contribution in [0.4, 0.5) is 4.39 Å². The van der Waals surface area contributed by atoms with E-state index in [1.54, 1.807) is 6.07 Å². The molecule has 1 aromatic carbocycles. The van der Waals surface area contributed by atoms with E-state index >= 15 is 0 Å². The number of amides is 1. The van der Waals surface area contributed by atoms with Gasteiger partial charge < -0.3 is 20.9 Å². The molecule has 0 radical (unpaired) electrons. The second-order valence-electron chi connectivity index (χ2n) is 6.51. The summed E-state index contributed by atoms with van der Waals surface area (Å²) >= 11 is 0. The lowest BCUT2D eigenvalue weighted by atomic mass is 10.1. The summed E-state index contributed by atoms with van der Waals surface area (Å²) < 4.78 is 13.2. The van der Waals surface area contributed by atoms with Crippen LogP contribution >= 0.6 is 24.0 Å². The predicted octanol–water partition coefficient (Wildman–Crippen LogP) is 2.55. The summed E-state index contributed by atoms with van der Waals surface area (Å²) in [5.74, 6) is 0.890. The Labute approximate surface area is 175 Å². The molecule has 0 aliphatic heterocycles. The summed E-state index contributed by atoms with van der Waals surface area (Å²) in [5, 5.41) is 10.4. The first-order chi connectivity index (χ1) is 12.7. The number of carbonyl (C=O) groups is 1. The van der Waals surface area contributed by atoms with E-state index in [-0.39, 0.29) is 41.6 Å². The lowest BCUT2D eigenvalue weighted by Gasteiger charge is -2.11. The molecular weight excluding hydrogens is 460 g/mol. The minimum Gasteiger partial charge on any atom is -0.361 e. The maximum absolute atomic E-state index is 13.2. The van der Waals surface area contributed by atoms with Crippen LogP contribution in [0.25, 0.3) is 10.9 Å². The number of guanidine groups is 1. The highest BCUT2D eigenvalue weighted by atomic mass is 127. The molecule has 4 N–H and O–H groups in total. The van der Waals surface area contributed by atoms with Gasteiger partial charge in [0.05, 0.1) is 0 Å². The minimum absolute atomic E-state index is 0. The zero-order valence-electron chi connectivity index (χ0n) is 15.5. The Hall–Kier alpha value is -1.84. The molecule has 1 aromatic heterocycles. The van der Waals surface area contributed by atoms with E-state index in [0.717, 1.165) is 48.2 Å². The molecule has 2 aromatic rings. The van der Waals surface area contributed by atoms with Crippen LogP contribution in [0.5, 0.6) is 0 Å². The topological polar surface area (TPSA) is 81.3 Å². The fourth-order valence-electron chi connectivity index (χ4n) is 2.85. The molecule has 8 heteroatoms. The molecule has 1 saturated carbocycles. The van der Waals surface area contributed by atoms with E-state index in [4.69, 9.17) is 0 Å². The molecule has 148 valence electrons. The molecule has 0 atom stereocenters. The molecule has 3 rings (SSSR count). The van der Waals surface area contributed by atoms with Gasteiger partial charge in [-0.3, -0.25) is 9.79 Å². The molecule has 27 heavy (non-hydrogen) atoms. The standard InChI is InChI=1S/C19H26FN5O.HI/c1-2-21-19(24-10-9-22-18(26)13-3-4-13)23-8-7-14-12-25-17-11-15(20)5-6-16(14)17;/h5-6,11-13,25H,2-4,7-10H2,1H3,(H,22,26)(H2,21,23,24);1H. The largest absolute Gasteiger partial charge is 0.361 e. The molecule has 6 nitrogen and oxygen atoms in total. The summed E-state index contributed by atoms with van der Waals surface area (Å²) in [6, 6.07) is 4.78. The van der Waals surface area contributed by atoms with Crippen LogP contribution in [-0.4, -0.2) is 43.0 Å². The number of H-pyrrole nitrogens is 1. The van der Waals surface area contributed by atoms with Crippen molar-refractivity contribution in [3.05, 3.63) is 35.8 Å². The summed E-state index contributed by atoms with van der Waals surface area (Å²) in [6.45, 7) is 4.63. The second kappa shape index (κ2) is 10.5. The highest BCUT2D eigenvalue weighted by Crippen LogP contribution is 2.28. The Morgan fingerprint density at radius 2 is 2.04 bits per heavy atom. The van der Waals surface area contributed by atoms with Crippen molar-refractivity contribution >= 4 is 46.7 Å². The number of aliphatic imine (C=N–C) groups is 1. The van der Waals surface area contributed by atoms with E-state index in [1.165, 1.54) is 12.1 Å². The smallest absolute Gasteiger partial charge is 0.223 e. The average Bonchev–Trinajstić information content (AvgIpc) is 3.41. The number of hydrogen-bond acceptors (Lipinski definition) is 2. The number of carbonyl (C=O) groups excluding carboxylic acids is 1. The summed E-state index contributed by atoms with van der Waals surface area (Å²) in [4.78, 5) is 19.3. The van der Waals surface area contributed by atoms with Crippen molar-refractivity contribution in [2.45, 2.75) is 26.2 Å². The first kappa shape index (κ1) is 21.5. The Morgan fingerprint density at radius 3 is 2.78 bits per heavy atom. The quantitative estimate of drug-likeness (QED) is 0.200. The Balaban J connectivity index is 0.00000261. The van der Waals surface area contributed by atoms with E-state index in [0.29, 0.717) is 19.6 Å². The van der Waals surface area contributed by atoms with Gasteiger partial charge >= 0.3 is 0 Å². The number of benzene rings is 1. The monoisotopic (exact) mass is 487 g/mol. The number of aromatic amines is 1. The van der Waals surface area contributed by atoms with Gasteiger partial charge in [-0.2, -0.15) is 0 Å². The van der Waals surface area contributed by atoms with Crippen molar-refractivity contribution in [3.8, 4) is 0 Å². The van der Waals surface area contributed by atoms with Crippen molar-refractivity contribution in [3.63, 3.8) is 0 Å². The van der Waals surface area contributed by atoms with E-state index in [9.17, 15) is 9.18 Å². The molecule has 1 heterocycles. The normalized spacial score (nSPS) is 13.9. The average molecular weight is 487 g/mol. The molecule has 0 bridgehead atoms. The highest BCUT2D eigenvalue weighted by Gasteiger charge is 2.28. The molecular formula is C19H27FIN5O. The van der Waals surface area contributed by atoms with Crippen LogP contribution in [0.15, 0.2) is 29.4 Å². The molecule has 0 spiro atoms. The molecule has 1 fully saturated rings. The highest BCUT2D eigenvalue weighted by molar-refractivity contribution is 14.0. The zero-order chi connectivity index (χ0) is 18.4. The van der Waals surface area contributed by atoms with Gasteiger partial charge in [0.15, 0.2) is 5.96 Å². The molecule has 1 aliphatic carbocycles. The van der Waals surface area contributed by atoms with Gasteiger partial charge in [0, 0.05) is 49.2 Å². The minimum atomic E-state index is -0.240. The summed E-state index contributed by atoms with van der Waals surface area (Å²) in [5.41, 5.74) is 1.93. The maximum Gasteiger partial charge on any atom is 0.223 e. The van der Waals surface area contributed by atoms with Gasteiger partial charge in [-0.1, -0.05) is 0 Å². The number of nitrogens with one attached hydrogen (secondary N) is 4. The predicted molar refractivity (Wildman–Crippen MR) is 117 cm³/mol. The number of aromatic nitrogens is 1. The van der Waals surface area contributed by atoms with Crippen molar-refractivity contribution in [2.24, 2.45) is 10.9 Å². The van der Waals surface area contributed by atoms with Gasteiger partial charge in [0.25, 0.3) is 0 Å². The Morgan fingerprint density at radius 1 is 1.26 bits per heavy atom. The second-order valence-corrected chi connectivity index (χ2v) is 6.51. The third kappa shape index (κ3) is 6.37. The van der Waals surface area contributed by atoms with Crippen molar-refractivity contribution < 1.29 is 9.18 Å². The van der Waals surface area contributed by atoms with Crippen LogP contribution in [0.2, 0.25) is 0 Å². The number of nitrogens with zero attached hydrogens (tertiary/aromatic N) is 1. The number of fused-ring (bicyclic) bond motifs is 1. The maximum atomic E-state index is 13.2. The lowest BCUT2D eigenvalue weighted by molar-refractivity contribution is -0.122. The van der Waals surface area contributed by atoms with Gasteiger partial charge in [0.2, 0.25) is 5.91 Å². The van der Waals surface area contributed by atoms with Crippen LogP contribution in [0, 0.1) is 11.7 Å². The SMILES string of the molecule is CCNC(=NCCc1c[nH]c2cc(F)ccc12)NCCNC(=O)C1CC1.I. The van der Waals surface area contributed by atoms with E-state index < -0.39 is 0 Å². The van der Waals surface area contributed by atoms with Gasteiger partial charge in [-0.15, -0.1) is 24.0 Å². The van der Waals surface area contributed by atoms with E-state index in [1.807, 2.05) is 13.1 Å². The number of rotatable bonds is 8. The zero-order valence-corrected chi connectivity index (χ0v) is 17.8. The summed E-state index contributed by atoms with van der Waals surface area (Å²) in [6.07, 6.45) is 4.71. The van der Waals surface area contributed by atoms with E-state index in [2.05, 4.69) is 25.9 Å². The van der Waals surface area contributed by atoms with Gasteiger partial charge in [0.1, 0.15) is 5.82 Å². The van der Waals surface area contributed by atoms with Crippen LogP contribution < -0.4 is 16.0 Å². The van der Waals surface area contributed by atoms with Gasteiger partial charge in [-0.25, -0.2) is 4.39 Å². The fourth-order valence-corrected chi connectivity index (χ4v) is 2.85. The van der Waals surface area contributed by atoms with Crippen LogP contribution in [-0.2, 0) is 11.2 Å².